The standard InChI is InChI=1S/C17H22/c1-2-6-14-12(4-1)8-10-17-15-7-3-5-13(15)9-11-16(14)17/h4,9,11,13,15,17H,1-3,5-8,10H2/t13-,15+,17-/m0/s1. The molecule has 0 N–H and O–H groups in total. The number of hydrogen-bond donors (Lipinski definition) is 0. The van der Waals surface area contributed by atoms with Crippen molar-refractivity contribution in [2.75, 3.05) is 0 Å². The lowest BCUT2D eigenvalue weighted by molar-refractivity contribution is 0.301. The van der Waals surface area contributed by atoms with Gasteiger partial charge in [-0.3, -0.25) is 0 Å². The molecule has 0 aliphatic heterocycles. The summed E-state index contributed by atoms with van der Waals surface area (Å²) in [7, 11) is 0. The van der Waals surface area contributed by atoms with Crippen molar-refractivity contribution < 1.29 is 0 Å². The highest BCUT2D eigenvalue weighted by Crippen LogP contribution is 2.51. The summed E-state index contributed by atoms with van der Waals surface area (Å²) in [5.74, 6) is 2.86. The minimum atomic E-state index is 0.928. The first-order valence-corrected chi connectivity index (χ1v) is 7.54. The van der Waals surface area contributed by atoms with Gasteiger partial charge in [0.25, 0.3) is 0 Å². The van der Waals surface area contributed by atoms with E-state index in [0.717, 1.165) is 17.8 Å². The Morgan fingerprint density at radius 2 is 2.00 bits per heavy atom. The van der Waals surface area contributed by atoms with Crippen molar-refractivity contribution in [2.45, 2.75) is 51.4 Å². The van der Waals surface area contributed by atoms with Crippen molar-refractivity contribution in [2.24, 2.45) is 17.8 Å². The smallest absolute Gasteiger partial charge is 0.0122 e. The van der Waals surface area contributed by atoms with E-state index in [1.165, 1.54) is 51.4 Å². The lowest BCUT2D eigenvalue weighted by atomic mass is 9.66. The van der Waals surface area contributed by atoms with Crippen molar-refractivity contribution in [3.05, 3.63) is 34.9 Å². The van der Waals surface area contributed by atoms with Crippen LogP contribution in [0, 0.1) is 17.8 Å². The maximum absolute atomic E-state index is 2.55. The van der Waals surface area contributed by atoms with Gasteiger partial charge >= 0.3 is 0 Å². The monoisotopic (exact) mass is 226 g/mol. The molecular formula is C17H22. The third kappa shape index (κ3) is 1.49. The van der Waals surface area contributed by atoms with E-state index < -0.39 is 0 Å². The SMILES string of the molecule is C1=C[C@@H]2CCC[C@H]2[C@@H]2CCC3=CCCCC3=C12. The van der Waals surface area contributed by atoms with E-state index in [1.807, 2.05) is 0 Å². The summed E-state index contributed by atoms with van der Waals surface area (Å²) in [6.45, 7) is 0. The van der Waals surface area contributed by atoms with E-state index in [4.69, 9.17) is 0 Å². The Hall–Kier alpha value is -0.780. The van der Waals surface area contributed by atoms with Crippen molar-refractivity contribution >= 4 is 0 Å². The molecule has 1 saturated carbocycles. The average Bonchev–Trinajstić information content (AvgIpc) is 2.86. The zero-order valence-corrected chi connectivity index (χ0v) is 10.6. The van der Waals surface area contributed by atoms with Crippen LogP contribution in [0.2, 0.25) is 0 Å². The molecule has 0 spiro atoms. The molecule has 4 aliphatic carbocycles. The van der Waals surface area contributed by atoms with Crippen LogP contribution >= 0.6 is 0 Å². The van der Waals surface area contributed by atoms with E-state index in [-0.39, 0.29) is 0 Å². The second-order valence-corrected chi connectivity index (χ2v) is 6.32. The molecule has 90 valence electrons. The predicted octanol–water partition coefficient (Wildman–Crippen LogP) is 4.79. The van der Waals surface area contributed by atoms with Crippen LogP contribution in [0.15, 0.2) is 34.9 Å². The van der Waals surface area contributed by atoms with Gasteiger partial charge in [-0.1, -0.05) is 24.6 Å². The lowest BCUT2D eigenvalue weighted by Crippen LogP contribution is -2.27. The highest BCUT2D eigenvalue weighted by molar-refractivity contribution is 5.47. The molecule has 0 bridgehead atoms. The molecule has 0 amide bonds. The molecule has 1 fully saturated rings. The first-order chi connectivity index (χ1) is 8.43. The third-order valence-corrected chi connectivity index (χ3v) is 5.55. The Kier molecular flexibility index (Phi) is 2.31. The van der Waals surface area contributed by atoms with Crippen LogP contribution in [0.3, 0.4) is 0 Å². The first kappa shape index (κ1) is 10.2. The maximum Gasteiger partial charge on any atom is -0.0122 e. The number of hydrogen-bond acceptors (Lipinski definition) is 0. The summed E-state index contributed by atoms with van der Waals surface area (Å²) in [6.07, 6.45) is 18.9. The van der Waals surface area contributed by atoms with Crippen molar-refractivity contribution in [1.82, 2.24) is 0 Å². The molecule has 4 rings (SSSR count). The number of allylic oxidation sites excluding steroid dienone is 6. The van der Waals surface area contributed by atoms with Gasteiger partial charge in [0.2, 0.25) is 0 Å². The highest BCUT2D eigenvalue weighted by atomic mass is 14.4. The fourth-order valence-electron chi connectivity index (χ4n) is 4.76. The molecular weight excluding hydrogens is 204 g/mol. The van der Waals surface area contributed by atoms with Crippen molar-refractivity contribution in [3.8, 4) is 0 Å². The highest BCUT2D eigenvalue weighted by Gasteiger charge is 2.39. The zero-order chi connectivity index (χ0) is 11.2. The van der Waals surface area contributed by atoms with Crippen LogP contribution in [-0.4, -0.2) is 0 Å². The van der Waals surface area contributed by atoms with Crippen LogP contribution in [0.1, 0.15) is 51.4 Å². The largest absolute Gasteiger partial charge is 0.0810 e. The predicted molar refractivity (Wildman–Crippen MR) is 71.7 cm³/mol. The van der Waals surface area contributed by atoms with Crippen LogP contribution in [0.25, 0.3) is 0 Å². The molecule has 4 aliphatic rings. The van der Waals surface area contributed by atoms with Gasteiger partial charge in [0.15, 0.2) is 0 Å². The average molecular weight is 226 g/mol. The van der Waals surface area contributed by atoms with E-state index in [2.05, 4.69) is 18.2 Å². The van der Waals surface area contributed by atoms with E-state index in [9.17, 15) is 0 Å². The van der Waals surface area contributed by atoms with Crippen LogP contribution in [0.5, 0.6) is 0 Å². The third-order valence-electron chi connectivity index (χ3n) is 5.55. The van der Waals surface area contributed by atoms with E-state index in [1.54, 1.807) is 16.7 Å². The van der Waals surface area contributed by atoms with Crippen molar-refractivity contribution in [1.29, 1.82) is 0 Å². The van der Waals surface area contributed by atoms with Gasteiger partial charge in [-0.05, 0) is 79.4 Å². The van der Waals surface area contributed by atoms with Crippen LogP contribution in [0.4, 0.5) is 0 Å². The molecule has 0 heterocycles. The molecule has 0 radical (unpaired) electrons. The molecule has 0 heteroatoms. The summed E-state index contributed by atoms with van der Waals surface area (Å²) in [5.41, 5.74) is 5.23. The molecule has 3 atom stereocenters. The van der Waals surface area contributed by atoms with Gasteiger partial charge in [-0.2, -0.15) is 0 Å². The Balaban J connectivity index is 1.80. The molecule has 0 aromatic rings. The van der Waals surface area contributed by atoms with Gasteiger partial charge in [0.1, 0.15) is 0 Å². The Labute approximate surface area is 104 Å². The lowest BCUT2D eigenvalue weighted by Gasteiger charge is -2.39. The molecule has 0 aromatic carbocycles. The van der Waals surface area contributed by atoms with Gasteiger partial charge in [0.05, 0.1) is 0 Å². The zero-order valence-electron chi connectivity index (χ0n) is 10.6. The maximum atomic E-state index is 2.55. The molecule has 0 saturated heterocycles. The molecule has 0 unspecified atom stereocenters. The summed E-state index contributed by atoms with van der Waals surface area (Å²) in [5, 5.41) is 0. The van der Waals surface area contributed by atoms with Gasteiger partial charge in [0, 0.05) is 0 Å². The normalized spacial score (nSPS) is 39.5. The van der Waals surface area contributed by atoms with Gasteiger partial charge in [-0.25, -0.2) is 0 Å². The minimum Gasteiger partial charge on any atom is -0.0810 e. The Morgan fingerprint density at radius 1 is 1.00 bits per heavy atom. The topological polar surface area (TPSA) is 0 Å². The second-order valence-electron chi connectivity index (χ2n) is 6.32. The molecule has 0 aromatic heterocycles. The molecule has 17 heavy (non-hydrogen) atoms. The van der Waals surface area contributed by atoms with E-state index in [0.29, 0.717) is 0 Å². The van der Waals surface area contributed by atoms with Crippen LogP contribution in [-0.2, 0) is 0 Å². The second kappa shape index (κ2) is 3.86. The number of fused-ring (bicyclic) bond motifs is 4. The summed E-state index contributed by atoms with van der Waals surface area (Å²) >= 11 is 0. The summed E-state index contributed by atoms with van der Waals surface area (Å²) in [6, 6.07) is 0. The van der Waals surface area contributed by atoms with Gasteiger partial charge in [-0.15, -0.1) is 0 Å². The summed E-state index contributed by atoms with van der Waals surface area (Å²) < 4.78 is 0. The van der Waals surface area contributed by atoms with E-state index >= 15 is 0 Å². The quantitative estimate of drug-likeness (QED) is 0.557. The fourth-order valence-corrected chi connectivity index (χ4v) is 4.76. The van der Waals surface area contributed by atoms with Crippen LogP contribution < -0.4 is 0 Å². The minimum absolute atomic E-state index is 0.928. The number of rotatable bonds is 0. The molecule has 0 nitrogen and oxygen atoms in total. The fraction of sp³-hybridized carbons (Fsp3) is 0.647. The first-order valence-electron chi connectivity index (χ1n) is 7.54. The Bertz CT molecular complexity index is 421. The summed E-state index contributed by atoms with van der Waals surface area (Å²) in [4.78, 5) is 0. The van der Waals surface area contributed by atoms with Crippen molar-refractivity contribution in [3.63, 3.8) is 0 Å². The van der Waals surface area contributed by atoms with Gasteiger partial charge < -0.3 is 0 Å². The Morgan fingerprint density at radius 3 is 3.00 bits per heavy atom.